The minimum Gasteiger partial charge on any atom is -0.494 e. The van der Waals surface area contributed by atoms with Crippen LogP contribution in [0.3, 0.4) is 0 Å². The van der Waals surface area contributed by atoms with Crippen molar-refractivity contribution in [1.82, 2.24) is 5.32 Å². The number of carbonyl (C=O) groups excluding carboxylic acids is 1. The molecule has 0 saturated carbocycles. The van der Waals surface area contributed by atoms with Gasteiger partial charge in [0.15, 0.2) is 10.9 Å². The molecule has 2 N–H and O–H groups in total. The summed E-state index contributed by atoms with van der Waals surface area (Å²) < 4.78 is 5.01. The number of nitrogens with one attached hydrogen (secondary N) is 2. The van der Waals surface area contributed by atoms with Gasteiger partial charge in [0.05, 0.1) is 32.8 Å². The molecule has 0 saturated heterocycles. The molecule has 0 atom stereocenters. The van der Waals surface area contributed by atoms with E-state index in [2.05, 4.69) is 10.6 Å². The molecule has 11 heteroatoms. The molecule has 0 aliphatic heterocycles. The van der Waals surface area contributed by atoms with Crippen LogP contribution < -0.4 is 15.4 Å². The van der Waals surface area contributed by atoms with Crippen molar-refractivity contribution in [3.63, 3.8) is 0 Å². The average Bonchev–Trinajstić information content (AvgIpc) is 2.56. The summed E-state index contributed by atoms with van der Waals surface area (Å²) in [5.41, 5.74) is 0.297. The van der Waals surface area contributed by atoms with Gasteiger partial charge in [-0.3, -0.25) is 20.2 Å². The van der Waals surface area contributed by atoms with Crippen LogP contribution in [0.4, 0.5) is 11.4 Å². The van der Waals surface area contributed by atoms with Gasteiger partial charge in [-0.1, -0.05) is 34.8 Å². The van der Waals surface area contributed by atoms with Gasteiger partial charge in [0.1, 0.15) is 0 Å². The van der Waals surface area contributed by atoms with Crippen LogP contribution in [0.5, 0.6) is 5.75 Å². The van der Waals surface area contributed by atoms with Crippen molar-refractivity contribution < 1.29 is 14.5 Å². The summed E-state index contributed by atoms with van der Waals surface area (Å²) in [6.07, 6.45) is 0. The normalized spacial score (nSPS) is 10.2. The van der Waals surface area contributed by atoms with Crippen molar-refractivity contribution in [3.8, 4) is 5.75 Å². The molecule has 0 aromatic heterocycles. The molecule has 2 aromatic carbocycles. The van der Waals surface area contributed by atoms with E-state index in [1.807, 2.05) is 0 Å². The first-order valence-corrected chi connectivity index (χ1v) is 8.36. The van der Waals surface area contributed by atoms with E-state index in [0.717, 1.165) is 6.07 Å². The van der Waals surface area contributed by atoms with E-state index in [4.69, 9.17) is 51.8 Å². The number of methoxy groups -OCH3 is 1. The van der Waals surface area contributed by atoms with Gasteiger partial charge in [-0.05, 0) is 30.4 Å². The third-order valence-electron chi connectivity index (χ3n) is 3.10. The Morgan fingerprint density at radius 2 is 1.77 bits per heavy atom. The number of benzene rings is 2. The Kier molecular flexibility index (Phi) is 6.60. The third kappa shape index (κ3) is 4.73. The van der Waals surface area contributed by atoms with Crippen LogP contribution in [0.25, 0.3) is 0 Å². The van der Waals surface area contributed by atoms with Crippen molar-refractivity contribution in [2.24, 2.45) is 0 Å². The van der Waals surface area contributed by atoms with Crippen LogP contribution >= 0.6 is 47.0 Å². The van der Waals surface area contributed by atoms with Crippen LogP contribution in [0, 0.1) is 10.1 Å². The lowest BCUT2D eigenvalue weighted by molar-refractivity contribution is -0.384. The van der Waals surface area contributed by atoms with E-state index >= 15 is 0 Å². The van der Waals surface area contributed by atoms with Crippen LogP contribution in [0.2, 0.25) is 15.1 Å². The topological polar surface area (TPSA) is 93.5 Å². The van der Waals surface area contributed by atoms with Gasteiger partial charge in [0.25, 0.3) is 11.6 Å². The lowest BCUT2D eigenvalue weighted by Crippen LogP contribution is -2.34. The number of anilines is 1. The molecule has 2 rings (SSSR count). The Morgan fingerprint density at radius 1 is 1.15 bits per heavy atom. The first-order chi connectivity index (χ1) is 12.2. The number of rotatable bonds is 4. The number of nitro groups is 1. The number of nitrogens with zero attached hydrogens (tertiary/aromatic N) is 1. The SMILES string of the molecule is COc1c(Cl)cc(C(=O)NC(=S)Nc2ccc([N+](=O)[O-])cc2Cl)cc1Cl. The lowest BCUT2D eigenvalue weighted by Gasteiger charge is -2.12. The highest BCUT2D eigenvalue weighted by atomic mass is 35.5. The minimum atomic E-state index is -0.576. The summed E-state index contributed by atoms with van der Waals surface area (Å²) in [5, 5.41) is 16.2. The van der Waals surface area contributed by atoms with E-state index in [9.17, 15) is 14.9 Å². The van der Waals surface area contributed by atoms with Crippen LogP contribution in [0.1, 0.15) is 10.4 Å². The highest BCUT2D eigenvalue weighted by molar-refractivity contribution is 7.80. The molecule has 0 unspecified atom stereocenters. The second-order valence-corrected chi connectivity index (χ2v) is 6.43. The smallest absolute Gasteiger partial charge is 0.271 e. The summed E-state index contributed by atoms with van der Waals surface area (Å²) in [4.78, 5) is 22.4. The molecule has 136 valence electrons. The molecule has 0 heterocycles. The lowest BCUT2D eigenvalue weighted by atomic mass is 10.2. The number of amides is 1. The summed E-state index contributed by atoms with van der Waals surface area (Å²) in [7, 11) is 1.40. The fourth-order valence-corrected chi connectivity index (χ4v) is 3.00. The van der Waals surface area contributed by atoms with Gasteiger partial charge >= 0.3 is 0 Å². The van der Waals surface area contributed by atoms with Gasteiger partial charge in [-0.2, -0.15) is 0 Å². The number of hydrogen-bond donors (Lipinski definition) is 2. The number of carbonyl (C=O) groups is 1. The molecule has 0 spiro atoms. The molecular weight excluding hydrogens is 425 g/mol. The zero-order chi connectivity index (χ0) is 19.4. The number of non-ortho nitro benzene ring substituents is 1. The molecule has 7 nitrogen and oxygen atoms in total. The van der Waals surface area contributed by atoms with Crippen molar-refractivity contribution in [1.29, 1.82) is 0 Å². The number of nitro benzene ring substituents is 1. The standard InChI is InChI=1S/C15H10Cl3N3O4S/c1-25-13-10(17)4-7(5-11(13)18)14(22)20-15(26)19-12-3-2-8(21(23)24)6-9(12)16/h2-6H,1H3,(H2,19,20,22,26). The predicted octanol–water partition coefficient (Wildman–Crippen LogP) is 4.69. The second kappa shape index (κ2) is 8.50. The molecule has 0 aliphatic carbocycles. The summed E-state index contributed by atoms with van der Waals surface area (Å²) in [5.74, 6) is -0.310. The number of hydrogen-bond acceptors (Lipinski definition) is 5. The maximum Gasteiger partial charge on any atom is 0.271 e. The van der Waals surface area contributed by atoms with Gasteiger partial charge < -0.3 is 10.1 Å². The minimum absolute atomic E-state index is 0.0613. The maximum absolute atomic E-state index is 12.3. The Balaban J connectivity index is 2.10. The fraction of sp³-hybridized carbons (Fsp3) is 0.0667. The van der Waals surface area contributed by atoms with E-state index in [1.54, 1.807) is 0 Å². The molecule has 1 amide bonds. The van der Waals surface area contributed by atoms with Crippen molar-refractivity contribution in [2.75, 3.05) is 12.4 Å². The molecule has 2 aromatic rings. The summed E-state index contributed by atoms with van der Waals surface area (Å²) in [6.45, 7) is 0. The van der Waals surface area contributed by atoms with E-state index in [0.29, 0.717) is 5.69 Å². The molecule has 0 fully saturated rings. The monoisotopic (exact) mass is 433 g/mol. The van der Waals surface area contributed by atoms with Crippen LogP contribution in [-0.4, -0.2) is 23.1 Å². The largest absolute Gasteiger partial charge is 0.494 e. The first-order valence-electron chi connectivity index (χ1n) is 6.82. The van der Waals surface area contributed by atoms with Gasteiger partial charge in [-0.15, -0.1) is 0 Å². The summed E-state index contributed by atoms with van der Waals surface area (Å²) in [6, 6.07) is 6.55. The predicted molar refractivity (Wildman–Crippen MR) is 105 cm³/mol. The second-order valence-electron chi connectivity index (χ2n) is 4.80. The Hall–Kier alpha value is -2.13. The van der Waals surface area contributed by atoms with Gasteiger partial charge in [-0.25, -0.2) is 0 Å². The highest BCUT2D eigenvalue weighted by Gasteiger charge is 2.15. The van der Waals surface area contributed by atoms with Crippen molar-refractivity contribution >= 4 is 69.4 Å². The van der Waals surface area contributed by atoms with Crippen LogP contribution in [0.15, 0.2) is 30.3 Å². The van der Waals surface area contributed by atoms with E-state index < -0.39 is 10.8 Å². The number of halogens is 3. The third-order valence-corrected chi connectivity index (χ3v) is 4.18. The van der Waals surface area contributed by atoms with E-state index in [-0.39, 0.29) is 37.2 Å². The molecule has 0 bridgehead atoms. The highest BCUT2D eigenvalue weighted by Crippen LogP contribution is 2.33. The average molecular weight is 435 g/mol. The Bertz CT molecular complexity index is 885. The first kappa shape index (κ1) is 20.2. The maximum atomic E-state index is 12.3. The van der Waals surface area contributed by atoms with Gasteiger partial charge in [0, 0.05) is 17.7 Å². The van der Waals surface area contributed by atoms with Gasteiger partial charge in [0.2, 0.25) is 0 Å². The summed E-state index contributed by atoms with van der Waals surface area (Å²) >= 11 is 23.0. The molecule has 0 aliphatic rings. The number of thiocarbonyl (C=S) groups is 1. The van der Waals surface area contributed by atoms with Crippen molar-refractivity contribution in [2.45, 2.75) is 0 Å². The van der Waals surface area contributed by atoms with Crippen LogP contribution in [-0.2, 0) is 0 Å². The van der Waals surface area contributed by atoms with E-state index in [1.165, 1.54) is 31.4 Å². The molecule has 26 heavy (non-hydrogen) atoms. The zero-order valence-electron chi connectivity index (χ0n) is 13.0. The van der Waals surface area contributed by atoms with Crippen molar-refractivity contribution in [3.05, 3.63) is 61.1 Å². The fourth-order valence-electron chi connectivity index (χ4n) is 1.93. The Labute approximate surface area is 168 Å². The number of ether oxygens (including phenoxy) is 1. The quantitative estimate of drug-likeness (QED) is 0.412. The molecule has 0 radical (unpaired) electrons. The molecular formula is C15H10Cl3N3O4S. The Morgan fingerprint density at radius 3 is 2.27 bits per heavy atom. The zero-order valence-corrected chi connectivity index (χ0v) is 16.1.